The van der Waals surface area contributed by atoms with Crippen LogP contribution in [0.2, 0.25) is 0 Å². The number of hydrogen-bond donors (Lipinski definition) is 1. The van der Waals surface area contributed by atoms with Crippen LogP contribution in [0.1, 0.15) is 18.5 Å². The van der Waals surface area contributed by atoms with Gasteiger partial charge in [0.15, 0.2) is 11.5 Å². The molecule has 0 radical (unpaired) electrons. The third kappa shape index (κ3) is 2.46. The first-order valence-corrected chi connectivity index (χ1v) is 6.27. The van der Waals surface area contributed by atoms with Crippen molar-refractivity contribution in [3.8, 4) is 11.8 Å². The Morgan fingerprint density at radius 2 is 2.24 bits per heavy atom. The van der Waals surface area contributed by atoms with Crippen LogP contribution < -0.4 is 4.74 Å². The molecule has 0 saturated heterocycles. The van der Waals surface area contributed by atoms with Gasteiger partial charge in [0.05, 0.1) is 24.8 Å². The van der Waals surface area contributed by atoms with E-state index in [0.717, 1.165) is 0 Å². The normalized spacial score (nSPS) is 17.9. The minimum Gasteiger partial charge on any atom is -0.503 e. The minimum absolute atomic E-state index is 0.00324. The summed E-state index contributed by atoms with van der Waals surface area (Å²) in [6.45, 7) is 1.06. The maximum absolute atomic E-state index is 12.0. The van der Waals surface area contributed by atoms with Crippen molar-refractivity contribution in [2.24, 2.45) is 0 Å². The number of rotatable bonds is 4. The highest BCUT2D eigenvalue weighted by molar-refractivity contribution is 6.08. The number of hydrogen-bond acceptors (Lipinski definition) is 5. The van der Waals surface area contributed by atoms with E-state index >= 15 is 0 Å². The van der Waals surface area contributed by atoms with E-state index < -0.39 is 23.5 Å². The van der Waals surface area contributed by atoms with Gasteiger partial charge in [-0.1, -0.05) is 12.1 Å². The van der Waals surface area contributed by atoms with E-state index in [1.165, 1.54) is 18.9 Å². The van der Waals surface area contributed by atoms with Gasteiger partial charge in [-0.15, -0.1) is 0 Å². The number of Topliss-reactive ketones (excluding diaryl/α,β-unsaturated/α-hetero) is 1. The summed E-state index contributed by atoms with van der Waals surface area (Å²) in [7, 11) is 1.51. The molecule has 1 atom stereocenters. The maximum Gasteiger partial charge on any atom is 0.290 e. The molecular formula is C15H14N2O4. The van der Waals surface area contributed by atoms with Crippen molar-refractivity contribution in [2.45, 2.75) is 13.0 Å². The highest BCUT2D eigenvalue weighted by atomic mass is 16.5. The average Bonchev–Trinajstić information content (AvgIpc) is 2.72. The first-order chi connectivity index (χ1) is 10.0. The van der Waals surface area contributed by atoms with Gasteiger partial charge in [-0.2, -0.15) is 5.26 Å². The standard InChI is InChI=1S/C15H14N2O4/c1-9(18)12-13(10-4-3-5-11(8-10)21-2)17(7-6-16)15(20)14(12)19/h3-5,8,13,19H,7H2,1-2H3/t13-/m1/s1. The topological polar surface area (TPSA) is 90.6 Å². The van der Waals surface area contributed by atoms with Gasteiger partial charge in [-0.25, -0.2) is 0 Å². The Morgan fingerprint density at radius 3 is 2.81 bits per heavy atom. The molecule has 0 aromatic heterocycles. The van der Waals surface area contributed by atoms with E-state index in [1.54, 1.807) is 24.3 Å². The van der Waals surface area contributed by atoms with E-state index in [2.05, 4.69) is 0 Å². The van der Waals surface area contributed by atoms with Gasteiger partial charge in [0.2, 0.25) is 0 Å². The zero-order chi connectivity index (χ0) is 15.6. The summed E-state index contributed by atoms with van der Waals surface area (Å²) in [4.78, 5) is 25.0. The lowest BCUT2D eigenvalue weighted by Crippen LogP contribution is -2.31. The average molecular weight is 286 g/mol. The van der Waals surface area contributed by atoms with Gasteiger partial charge in [0.1, 0.15) is 12.3 Å². The number of nitriles is 1. The fourth-order valence-corrected chi connectivity index (χ4v) is 2.41. The van der Waals surface area contributed by atoms with E-state index in [1.807, 2.05) is 6.07 Å². The highest BCUT2D eigenvalue weighted by Gasteiger charge is 2.42. The summed E-state index contributed by atoms with van der Waals surface area (Å²) in [5.74, 6) is -1.15. The fraction of sp³-hybridized carbons (Fsp3) is 0.267. The van der Waals surface area contributed by atoms with Gasteiger partial charge in [-0.3, -0.25) is 9.59 Å². The molecule has 6 heteroatoms. The van der Waals surface area contributed by atoms with Crippen LogP contribution in [0, 0.1) is 11.3 Å². The molecule has 1 heterocycles. The van der Waals surface area contributed by atoms with Crippen LogP contribution in [0.4, 0.5) is 0 Å². The molecule has 0 fully saturated rings. The van der Waals surface area contributed by atoms with E-state index in [-0.39, 0.29) is 12.1 Å². The number of nitrogens with zero attached hydrogens (tertiary/aromatic N) is 2. The lowest BCUT2D eigenvalue weighted by Gasteiger charge is -2.24. The fourth-order valence-electron chi connectivity index (χ4n) is 2.41. The molecule has 0 unspecified atom stereocenters. The van der Waals surface area contributed by atoms with E-state index in [4.69, 9.17) is 10.00 Å². The summed E-state index contributed by atoms with van der Waals surface area (Å²) in [6, 6.07) is 7.93. The van der Waals surface area contributed by atoms with Gasteiger partial charge in [0.25, 0.3) is 5.91 Å². The Balaban J connectivity index is 2.57. The van der Waals surface area contributed by atoms with Gasteiger partial charge in [0, 0.05) is 0 Å². The Kier molecular flexibility index (Phi) is 3.94. The summed E-state index contributed by atoms with van der Waals surface area (Å²) < 4.78 is 5.13. The number of benzene rings is 1. The molecule has 1 aliphatic heterocycles. The number of carbonyl (C=O) groups excluding carboxylic acids is 2. The van der Waals surface area contributed by atoms with Crippen LogP contribution in [0.3, 0.4) is 0 Å². The summed E-state index contributed by atoms with van der Waals surface area (Å²) in [5.41, 5.74) is 0.607. The maximum atomic E-state index is 12.0. The quantitative estimate of drug-likeness (QED) is 0.847. The molecule has 0 saturated carbocycles. The van der Waals surface area contributed by atoms with Crippen molar-refractivity contribution >= 4 is 11.7 Å². The summed E-state index contributed by atoms with van der Waals surface area (Å²) >= 11 is 0. The molecule has 1 aromatic carbocycles. The Bertz CT molecular complexity index is 672. The Hall–Kier alpha value is -2.81. The van der Waals surface area contributed by atoms with Crippen molar-refractivity contribution in [3.05, 3.63) is 41.2 Å². The van der Waals surface area contributed by atoms with Gasteiger partial charge < -0.3 is 14.7 Å². The predicted molar refractivity (Wildman–Crippen MR) is 73.4 cm³/mol. The van der Waals surface area contributed by atoms with Crippen molar-refractivity contribution < 1.29 is 19.4 Å². The Labute approximate surface area is 121 Å². The van der Waals surface area contributed by atoms with Crippen LogP contribution in [-0.2, 0) is 9.59 Å². The Morgan fingerprint density at radius 1 is 1.52 bits per heavy atom. The first-order valence-electron chi connectivity index (χ1n) is 6.27. The second-order valence-electron chi connectivity index (χ2n) is 4.59. The molecule has 1 N–H and O–H groups in total. The molecule has 0 spiro atoms. The molecule has 0 aliphatic carbocycles. The SMILES string of the molecule is COc1cccc([C@@H]2C(C(C)=O)=C(O)C(=O)N2CC#N)c1. The summed E-state index contributed by atoms with van der Waals surface area (Å²) in [6.07, 6.45) is 0. The van der Waals surface area contributed by atoms with Crippen molar-refractivity contribution in [2.75, 3.05) is 13.7 Å². The van der Waals surface area contributed by atoms with Gasteiger partial charge in [-0.05, 0) is 24.6 Å². The second-order valence-corrected chi connectivity index (χ2v) is 4.59. The molecule has 1 aromatic rings. The van der Waals surface area contributed by atoms with E-state index in [0.29, 0.717) is 11.3 Å². The van der Waals surface area contributed by atoms with E-state index in [9.17, 15) is 14.7 Å². The molecule has 1 amide bonds. The summed E-state index contributed by atoms with van der Waals surface area (Å²) in [5, 5.41) is 18.8. The smallest absolute Gasteiger partial charge is 0.290 e. The first kappa shape index (κ1) is 14.6. The van der Waals surface area contributed by atoms with Crippen molar-refractivity contribution in [1.29, 1.82) is 5.26 Å². The minimum atomic E-state index is -0.773. The number of ether oxygens (including phenoxy) is 1. The molecular weight excluding hydrogens is 272 g/mol. The molecule has 21 heavy (non-hydrogen) atoms. The molecule has 1 aliphatic rings. The largest absolute Gasteiger partial charge is 0.503 e. The van der Waals surface area contributed by atoms with Crippen LogP contribution in [0.15, 0.2) is 35.6 Å². The lowest BCUT2D eigenvalue weighted by atomic mass is 9.96. The lowest BCUT2D eigenvalue weighted by molar-refractivity contribution is -0.128. The zero-order valence-corrected chi connectivity index (χ0v) is 11.7. The molecule has 2 rings (SSSR count). The van der Waals surface area contributed by atoms with Gasteiger partial charge >= 0.3 is 0 Å². The van der Waals surface area contributed by atoms with Crippen LogP contribution in [0.25, 0.3) is 0 Å². The molecule has 6 nitrogen and oxygen atoms in total. The second kappa shape index (κ2) is 5.67. The number of aliphatic hydroxyl groups is 1. The number of ketones is 1. The number of amides is 1. The van der Waals surface area contributed by atoms with Crippen molar-refractivity contribution in [3.63, 3.8) is 0 Å². The van der Waals surface area contributed by atoms with Crippen molar-refractivity contribution in [1.82, 2.24) is 4.90 Å². The number of carbonyl (C=O) groups is 2. The van der Waals surface area contributed by atoms with Crippen LogP contribution in [-0.4, -0.2) is 35.4 Å². The number of aliphatic hydroxyl groups excluding tert-OH is 1. The third-order valence-electron chi connectivity index (χ3n) is 3.33. The monoisotopic (exact) mass is 286 g/mol. The third-order valence-corrected chi connectivity index (χ3v) is 3.33. The molecule has 108 valence electrons. The van der Waals surface area contributed by atoms with Crippen LogP contribution in [0.5, 0.6) is 5.75 Å². The van der Waals surface area contributed by atoms with Crippen LogP contribution >= 0.6 is 0 Å². The molecule has 0 bridgehead atoms. The predicted octanol–water partition coefficient (Wildman–Crippen LogP) is 1.50. The highest BCUT2D eigenvalue weighted by Crippen LogP contribution is 2.38. The zero-order valence-electron chi connectivity index (χ0n) is 11.7. The number of methoxy groups -OCH3 is 1.